The van der Waals surface area contributed by atoms with Crippen molar-refractivity contribution in [2.24, 2.45) is 4.99 Å². The standard InChI is InChI=1S/C20H40N4O/c1-16-9-7-8-12-24(16)17(2)15-22-19(21-6)23-13-10-18(11-14-23)25-20(3,4)5/h16-18H,7-15H2,1-6H3,(H,21,22). The molecule has 2 rings (SSSR count). The highest BCUT2D eigenvalue weighted by Gasteiger charge is 2.27. The quantitative estimate of drug-likeness (QED) is 0.623. The molecule has 0 aromatic heterocycles. The summed E-state index contributed by atoms with van der Waals surface area (Å²) in [7, 11) is 1.90. The molecule has 0 aromatic rings. The Morgan fingerprint density at radius 2 is 1.84 bits per heavy atom. The number of nitrogens with one attached hydrogen (secondary N) is 1. The van der Waals surface area contributed by atoms with Gasteiger partial charge in [0.2, 0.25) is 0 Å². The first-order valence-electron chi connectivity index (χ1n) is 10.2. The summed E-state index contributed by atoms with van der Waals surface area (Å²) < 4.78 is 6.14. The second kappa shape index (κ2) is 9.22. The van der Waals surface area contributed by atoms with Crippen LogP contribution < -0.4 is 5.32 Å². The van der Waals surface area contributed by atoms with Crippen molar-refractivity contribution in [3.8, 4) is 0 Å². The zero-order valence-corrected chi connectivity index (χ0v) is 17.3. The zero-order chi connectivity index (χ0) is 18.4. The zero-order valence-electron chi connectivity index (χ0n) is 17.3. The fraction of sp³-hybridized carbons (Fsp3) is 0.950. The van der Waals surface area contributed by atoms with Gasteiger partial charge in [-0.25, -0.2) is 0 Å². The first-order chi connectivity index (χ1) is 11.8. The Kier molecular flexibility index (Phi) is 7.56. The molecule has 2 unspecified atom stereocenters. The van der Waals surface area contributed by atoms with Gasteiger partial charge < -0.3 is 15.0 Å². The third kappa shape index (κ3) is 6.45. The molecule has 25 heavy (non-hydrogen) atoms. The first-order valence-corrected chi connectivity index (χ1v) is 10.2. The van der Waals surface area contributed by atoms with E-state index in [4.69, 9.17) is 4.74 Å². The van der Waals surface area contributed by atoms with Crippen molar-refractivity contribution >= 4 is 5.96 Å². The van der Waals surface area contributed by atoms with E-state index in [9.17, 15) is 0 Å². The third-order valence-corrected chi connectivity index (χ3v) is 5.45. The van der Waals surface area contributed by atoms with E-state index >= 15 is 0 Å². The third-order valence-electron chi connectivity index (χ3n) is 5.45. The van der Waals surface area contributed by atoms with E-state index in [2.05, 4.69) is 54.7 Å². The van der Waals surface area contributed by atoms with Gasteiger partial charge in [-0.2, -0.15) is 0 Å². The van der Waals surface area contributed by atoms with E-state index < -0.39 is 0 Å². The fourth-order valence-electron chi connectivity index (χ4n) is 4.15. The first kappa shape index (κ1) is 20.5. The maximum absolute atomic E-state index is 6.14. The summed E-state index contributed by atoms with van der Waals surface area (Å²) in [6.07, 6.45) is 6.59. The molecule has 2 fully saturated rings. The van der Waals surface area contributed by atoms with Gasteiger partial charge in [0.05, 0.1) is 11.7 Å². The van der Waals surface area contributed by atoms with Crippen LogP contribution in [-0.4, -0.2) is 72.8 Å². The Hall–Kier alpha value is -0.810. The van der Waals surface area contributed by atoms with Gasteiger partial charge in [0.1, 0.15) is 0 Å². The van der Waals surface area contributed by atoms with Crippen LogP contribution in [0, 0.1) is 0 Å². The van der Waals surface area contributed by atoms with Gasteiger partial charge in [0, 0.05) is 38.8 Å². The second-order valence-corrected chi connectivity index (χ2v) is 8.78. The van der Waals surface area contributed by atoms with Gasteiger partial charge >= 0.3 is 0 Å². The molecule has 5 heteroatoms. The lowest BCUT2D eigenvalue weighted by atomic mass is 10.0. The summed E-state index contributed by atoms with van der Waals surface area (Å²) in [5.74, 6) is 1.05. The highest BCUT2D eigenvalue weighted by atomic mass is 16.5. The maximum Gasteiger partial charge on any atom is 0.193 e. The van der Waals surface area contributed by atoms with E-state index in [0.29, 0.717) is 18.2 Å². The minimum absolute atomic E-state index is 0.0483. The van der Waals surface area contributed by atoms with Crippen LogP contribution in [-0.2, 0) is 4.74 Å². The molecule has 2 aliphatic rings. The predicted molar refractivity (Wildman–Crippen MR) is 106 cm³/mol. The van der Waals surface area contributed by atoms with Crippen LogP contribution >= 0.6 is 0 Å². The number of guanidine groups is 1. The summed E-state index contributed by atoms with van der Waals surface area (Å²) in [4.78, 5) is 9.55. The largest absolute Gasteiger partial charge is 0.372 e. The van der Waals surface area contributed by atoms with Crippen LogP contribution in [0.3, 0.4) is 0 Å². The Morgan fingerprint density at radius 3 is 2.40 bits per heavy atom. The molecule has 0 saturated carbocycles. The summed E-state index contributed by atoms with van der Waals surface area (Å²) in [6.45, 7) is 15.4. The van der Waals surface area contributed by atoms with E-state index in [1.54, 1.807) is 0 Å². The number of rotatable bonds is 4. The van der Waals surface area contributed by atoms with Gasteiger partial charge in [0.15, 0.2) is 5.96 Å². The summed E-state index contributed by atoms with van der Waals surface area (Å²) in [5.41, 5.74) is -0.0483. The molecule has 146 valence electrons. The highest BCUT2D eigenvalue weighted by molar-refractivity contribution is 5.80. The lowest BCUT2D eigenvalue weighted by Gasteiger charge is -2.40. The van der Waals surface area contributed by atoms with Crippen molar-refractivity contribution in [2.75, 3.05) is 33.2 Å². The van der Waals surface area contributed by atoms with E-state index in [-0.39, 0.29) is 5.60 Å². The number of piperidine rings is 2. The van der Waals surface area contributed by atoms with Crippen LogP contribution in [0.25, 0.3) is 0 Å². The van der Waals surface area contributed by atoms with E-state index in [0.717, 1.165) is 38.4 Å². The van der Waals surface area contributed by atoms with Crippen molar-refractivity contribution in [1.29, 1.82) is 0 Å². The van der Waals surface area contributed by atoms with Crippen molar-refractivity contribution < 1.29 is 4.74 Å². The molecule has 2 heterocycles. The summed E-state index contributed by atoms with van der Waals surface area (Å²) in [6, 6.07) is 1.26. The normalized spacial score (nSPS) is 25.9. The average Bonchev–Trinajstić information content (AvgIpc) is 2.55. The summed E-state index contributed by atoms with van der Waals surface area (Å²) >= 11 is 0. The summed E-state index contributed by atoms with van der Waals surface area (Å²) in [5, 5.41) is 3.61. The van der Waals surface area contributed by atoms with Crippen molar-refractivity contribution in [1.82, 2.24) is 15.1 Å². The van der Waals surface area contributed by atoms with Gasteiger partial charge in [-0.15, -0.1) is 0 Å². The monoisotopic (exact) mass is 352 g/mol. The van der Waals surface area contributed by atoms with E-state index in [1.165, 1.54) is 25.8 Å². The van der Waals surface area contributed by atoms with E-state index in [1.807, 2.05) is 7.05 Å². The molecule has 0 radical (unpaired) electrons. The average molecular weight is 353 g/mol. The molecule has 0 aromatic carbocycles. The van der Waals surface area contributed by atoms with Crippen LogP contribution in [0.15, 0.2) is 4.99 Å². The molecular weight excluding hydrogens is 312 g/mol. The molecule has 0 amide bonds. The smallest absolute Gasteiger partial charge is 0.193 e. The van der Waals surface area contributed by atoms with Crippen molar-refractivity contribution in [3.63, 3.8) is 0 Å². The molecule has 2 saturated heterocycles. The van der Waals surface area contributed by atoms with Crippen molar-refractivity contribution in [2.45, 2.75) is 90.5 Å². The van der Waals surface area contributed by atoms with Crippen LogP contribution in [0.2, 0.25) is 0 Å². The highest BCUT2D eigenvalue weighted by Crippen LogP contribution is 2.21. The molecule has 0 bridgehead atoms. The van der Waals surface area contributed by atoms with Crippen LogP contribution in [0.5, 0.6) is 0 Å². The minimum Gasteiger partial charge on any atom is -0.372 e. The van der Waals surface area contributed by atoms with Crippen LogP contribution in [0.1, 0.15) is 66.7 Å². The number of hydrogen-bond donors (Lipinski definition) is 1. The van der Waals surface area contributed by atoms with Gasteiger partial charge in [-0.05, 0) is 66.8 Å². The molecule has 2 atom stereocenters. The number of hydrogen-bond acceptors (Lipinski definition) is 3. The number of ether oxygens (including phenoxy) is 1. The molecular formula is C20H40N4O. The molecule has 0 spiro atoms. The van der Waals surface area contributed by atoms with Gasteiger partial charge in [0.25, 0.3) is 0 Å². The SMILES string of the molecule is CN=C(NCC(C)N1CCCCC1C)N1CCC(OC(C)(C)C)CC1. The molecule has 1 N–H and O–H groups in total. The fourth-order valence-corrected chi connectivity index (χ4v) is 4.15. The Bertz CT molecular complexity index is 424. The predicted octanol–water partition coefficient (Wildman–Crippen LogP) is 3.10. The minimum atomic E-state index is -0.0483. The number of likely N-dealkylation sites (tertiary alicyclic amines) is 2. The maximum atomic E-state index is 6.14. The second-order valence-electron chi connectivity index (χ2n) is 8.78. The number of nitrogens with zero attached hydrogens (tertiary/aromatic N) is 3. The van der Waals surface area contributed by atoms with Gasteiger partial charge in [-0.1, -0.05) is 6.42 Å². The van der Waals surface area contributed by atoms with Gasteiger partial charge in [-0.3, -0.25) is 9.89 Å². The Labute approximate surface area is 155 Å². The molecule has 0 aliphatic carbocycles. The van der Waals surface area contributed by atoms with Crippen LogP contribution in [0.4, 0.5) is 0 Å². The Morgan fingerprint density at radius 1 is 1.16 bits per heavy atom. The lowest BCUT2D eigenvalue weighted by molar-refractivity contribution is -0.0773. The van der Waals surface area contributed by atoms with Crippen molar-refractivity contribution in [3.05, 3.63) is 0 Å². The molecule has 2 aliphatic heterocycles. The lowest BCUT2D eigenvalue weighted by Crippen LogP contribution is -2.52. The Balaban J connectivity index is 1.77. The topological polar surface area (TPSA) is 40.1 Å². The molecule has 5 nitrogen and oxygen atoms in total. The number of aliphatic imine (C=N–C) groups is 1.